The lowest BCUT2D eigenvalue weighted by Crippen LogP contribution is -1.83. The zero-order chi connectivity index (χ0) is 4.99. The Labute approximate surface area is 41.4 Å². The summed E-state index contributed by atoms with van der Waals surface area (Å²) in [6.07, 6.45) is 0. The molecule has 2 heteroatoms. The van der Waals surface area contributed by atoms with E-state index in [0.29, 0.717) is 17.2 Å². The second kappa shape index (κ2) is 3.09. The zero-order valence-corrected chi connectivity index (χ0v) is 4.71. The van der Waals surface area contributed by atoms with Crippen molar-refractivity contribution in [2.45, 2.75) is 13.8 Å². The lowest BCUT2D eigenvalue weighted by Gasteiger charge is -1.80. The Morgan fingerprint density at radius 1 is 1.67 bits per heavy atom. The molecule has 0 aromatic rings. The van der Waals surface area contributed by atoms with E-state index in [1.165, 1.54) is 0 Å². The molecule has 0 unspecified atom stereocenters. The van der Waals surface area contributed by atoms with Gasteiger partial charge in [0, 0.05) is 0 Å². The van der Waals surface area contributed by atoms with Gasteiger partial charge in [0.1, 0.15) is 0 Å². The van der Waals surface area contributed by atoms with Gasteiger partial charge in [-0.3, -0.25) is 0 Å². The van der Waals surface area contributed by atoms with E-state index < -0.39 is 0 Å². The molecule has 0 bridgehead atoms. The fraction of sp³-hybridized carbons (Fsp3) is 0.750. The quantitative estimate of drug-likeness (QED) is 0.442. The molecule has 1 radical (unpaired) electrons. The van der Waals surface area contributed by atoms with E-state index in [9.17, 15) is 4.21 Å². The van der Waals surface area contributed by atoms with E-state index in [-0.39, 0.29) is 0 Å². The second-order valence-corrected chi connectivity index (χ2v) is 1.76. The molecule has 0 aliphatic carbocycles. The van der Waals surface area contributed by atoms with Crippen LogP contribution in [-0.2, 0) is 11.3 Å². The van der Waals surface area contributed by atoms with Crippen LogP contribution in [-0.4, -0.2) is 9.58 Å². The van der Waals surface area contributed by atoms with Gasteiger partial charge in [0.15, 0.2) is 0 Å². The Morgan fingerprint density at radius 3 is 2.17 bits per heavy atom. The first-order chi connectivity index (χ1) is 2.77. The van der Waals surface area contributed by atoms with E-state index in [4.69, 9.17) is 0 Å². The van der Waals surface area contributed by atoms with E-state index >= 15 is 0 Å². The lowest BCUT2D eigenvalue weighted by molar-refractivity contribution is 0.700. The summed E-state index contributed by atoms with van der Waals surface area (Å²) in [4.78, 5) is 0. The maximum Gasteiger partial charge on any atom is 0.0935 e. The normalized spacial score (nSPS) is 8.50. The summed E-state index contributed by atoms with van der Waals surface area (Å²) in [5, 5.41) is 2.57. The van der Waals surface area contributed by atoms with Gasteiger partial charge in [-0.05, 0) is 5.92 Å². The fourth-order valence-corrected chi connectivity index (χ4v) is 0.289. The highest BCUT2D eigenvalue weighted by Crippen LogP contribution is 1.79. The molecule has 0 aromatic carbocycles. The molecule has 35 valence electrons. The van der Waals surface area contributed by atoms with Crippen LogP contribution in [0.2, 0.25) is 0 Å². The van der Waals surface area contributed by atoms with Crippen LogP contribution in [0.4, 0.5) is 0 Å². The molecule has 0 aromatic heterocycles. The minimum absolute atomic E-state index is 0.299. The van der Waals surface area contributed by atoms with E-state index in [1.54, 1.807) is 0 Å². The minimum Gasteiger partial charge on any atom is -0.212 e. The van der Waals surface area contributed by atoms with Crippen molar-refractivity contribution in [3.05, 3.63) is 0 Å². The molecule has 0 N–H and O–H groups in total. The summed E-state index contributed by atoms with van der Waals surface area (Å²) >= 11 is 0.410. The Hall–Kier alpha value is -0.110. The number of hydrogen-bond donors (Lipinski definition) is 0. The molecule has 0 rings (SSSR count). The van der Waals surface area contributed by atoms with Gasteiger partial charge >= 0.3 is 0 Å². The van der Waals surface area contributed by atoms with Crippen LogP contribution in [0.3, 0.4) is 0 Å². The molecule has 1 nitrogen and oxygen atoms in total. The van der Waals surface area contributed by atoms with Crippen LogP contribution in [0.25, 0.3) is 0 Å². The van der Waals surface area contributed by atoms with Crippen LogP contribution in [0, 0.1) is 5.92 Å². The predicted octanol–water partition coefficient (Wildman–Crippen LogP) is 0.535. The SMILES string of the molecule is CC(C)[C]=S=O. The Balaban J connectivity index is 3.29. The highest BCUT2D eigenvalue weighted by Gasteiger charge is 1.80. The minimum atomic E-state index is 0.299. The molecule has 0 atom stereocenters. The summed E-state index contributed by atoms with van der Waals surface area (Å²) < 4.78 is 9.55. The Morgan fingerprint density at radius 2 is 2.17 bits per heavy atom. The van der Waals surface area contributed by atoms with Gasteiger partial charge in [-0.15, -0.1) is 0 Å². The van der Waals surface area contributed by atoms with Crippen LogP contribution in [0.15, 0.2) is 0 Å². The van der Waals surface area contributed by atoms with Crippen molar-refractivity contribution in [3.8, 4) is 0 Å². The van der Waals surface area contributed by atoms with Gasteiger partial charge in [-0.1, -0.05) is 13.8 Å². The smallest absolute Gasteiger partial charge is 0.0935 e. The molecular formula is C4H7OS. The summed E-state index contributed by atoms with van der Waals surface area (Å²) in [7, 11) is 0. The van der Waals surface area contributed by atoms with Gasteiger partial charge < -0.3 is 0 Å². The van der Waals surface area contributed by atoms with Crippen LogP contribution in [0.5, 0.6) is 0 Å². The third-order valence-electron chi connectivity index (χ3n) is 0.284. The van der Waals surface area contributed by atoms with Gasteiger partial charge in [-0.2, -0.15) is 0 Å². The molecule has 0 fully saturated rings. The summed E-state index contributed by atoms with van der Waals surface area (Å²) in [5.41, 5.74) is 0. The van der Waals surface area contributed by atoms with Crippen LogP contribution < -0.4 is 0 Å². The van der Waals surface area contributed by atoms with Crippen LogP contribution in [0.1, 0.15) is 13.8 Å². The third kappa shape index (κ3) is 3.89. The molecular weight excluding hydrogens is 96.1 g/mol. The van der Waals surface area contributed by atoms with Gasteiger partial charge in [0.05, 0.1) is 16.6 Å². The van der Waals surface area contributed by atoms with Crippen molar-refractivity contribution in [1.82, 2.24) is 0 Å². The highest BCUT2D eigenvalue weighted by atomic mass is 32.1. The van der Waals surface area contributed by atoms with Gasteiger partial charge in [0.2, 0.25) is 0 Å². The molecule has 0 aliphatic heterocycles. The first kappa shape index (κ1) is 5.89. The van der Waals surface area contributed by atoms with Crippen LogP contribution >= 0.6 is 0 Å². The molecule has 0 saturated heterocycles. The average Bonchev–Trinajstić information content (AvgIpc) is 1.35. The Kier molecular flexibility index (Phi) is 3.04. The fourth-order valence-electron chi connectivity index (χ4n) is 0.0962. The summed E-state index contributed by atoms with van der Waals surface area (Å²) in [5.74, 6) is 0.299. The first-order valence-corrected chi connectivity index (χ1v) is 2.56. The summed E-state index contributed by atoms with van der Waals surface area (Å²) in [6, 6.07) is 0. The lowest BCUT2D eigenvalue weighted by atomic mass is 10.3. The number of hydrogen-bond acceptors (Lipinski definition) is 1. The number of rotatable bonds is 1. The largest absolute Gasteiger partial charge is 0.212 e. The second-order valence-electron chi connectivity index (χ2n) is 1.36. The van der Waals surface area contributed by atoms with Crippen molar-refractivity contribution < 1.29 is 4.21 Å². The van der Waals surface area contributed by atoms with Crippen molar-refractivity contribution in [2.24, 2.45) is 5.92 Å². The molecule has 0 heterocycles. The topological polar surface area (TPSA) is 17.1 Å². The maximum atomic E-state index is 9.55. The molecule has 0 spiro atoms. The van der Waals surface area contributed by atoms with Crippen molar-refractivity contribution in [2.75, 3.05) is 0 Å². The third-order valence-corrected chi connectivity index (χ3v) is 0.851. The van der Waals surface area contributed by atoms with E-state index in [1.807, 2.05) is 13.8 Å². The molecule has 0 amide bonds. The van der Waals surface area contributed by atoms with Crippen molar-refractivity contribution in [3.63, 3.8) is 0 Å². The van der Waals surface area contributed by atoms with E-state index in [2.05, 4.69) is 5.37 Å². The Bertz CT molecular complexity index is 71.6. The average molecular weight is 103 g/mol. The predicted molar refractivity (Wildman–Crippen MR) is 28.0 cm³/mol. The first-order valence-electron chi connectivity index (χ1n) is 1.81. The zero-order valence-electron chi connectivity index (χ0n) is 3.89. The van der Waals surface area contributed by atoms with Gasteiger partial charge in [0.25, 0.3) is 0 Å². The van der Waals surface area contributed by atoms with Gasteiger partial charge in [-0.25, -0.2) is 4.21 Å². The highest BCUT2D eigenvalue weighted by molar-refractivity contribution is 7.64. The molecule has 0 saturated carbocycles. The van der Waals surface area contributed by atoms with E-state index in [0.717, 1.165) is 0 Å². The molecule has 6 heavy (non-hydrogen) atoms. The maximum absolute atomic E-state index is 9.55. The van der Waals surface area contributed by atoms with Crippen molar-refractivity contribution in [1.29, 1.82) is 0 Å². The summed E-state index contributed by atoms with van der Waals surface area (Å²) in [6.45, 7) is 3.84. The standard InChI is InChI=1S/C4H7OS/c1-4(2)3-6-5/h4H,1-2H3. The monoisotopic (exact) mass is 103 g/mol. The van der Waals surface area contributed by atoms with Crippen molar-refractivity contribution >= 4 is 16.6 Å². The molecule has 0 aliphatic rings.